The third-order valence-electron chi connectivity index (χ3n) is 9.81. The van der Waals surface area contributed by atoms with Gasteiger partial charge in [0, 0.05) is 22.6 Å². The minimum absolute atomic E-state index is 0.489. The molecule has 0 saturated heterocycles. The molecule has 1 unspecified atom stereocenters. The maximum absolute atomic E-state index is 14.4. The molecule has 0 N–H and O–H groups in total. The van der Waals surface area contributed by atoms with Crippen LogP contribution in [0.25, 0.3) is 0 Å². The van der Waals surface area contributed by atoms with Crippen LogP contribution in [0.5, 0.6) is 0 Å². The van der Waals surface area contributed by atoms with E-state index in [4.69, 9.17) is 23.2 Å². The molecule has 0 radical (unpaired) electrons. The van der Waals surface area contributed by atoms with Gasteiger partial charge < -0.3 is 10.4 Å². The molecule has 4 atom stereocenters. The van der Waals surface area contributed by atoms with Crippen LogP contribution < -0.4 is 0 Å². The monoisotopic (exact) mass is 606 g/mol. The number of alkyl halides is 2. The van der Waals surface area contributed by atoms with E-state index >= 15 is 0 Å². The molecule has 0 aromatic rings. The van der Waals surface area contributed by atoms with Gasteiger partial charge in [0.15, 0.2) is 0 Å². The molecule has 224 valence electrons. The highest BCUT2D eigenvalue weighted by molar-refractivity contribution is 6.86. The SMILES string of the molecule is C[Si](C)(C)[C@@]1(Cl)CCCCCCCCCCC1/[N+]([O-])=[N+](\[O-])[C@H]1CCCCCCCCCC[C@]1(Cl)[Si](C)(C)C. The van der Waals surface area contributed by atoms with Gasteiger partial charge in [0.2, 0.25) is 12.1 Å². The van der Waals surface area contributed by atoms with Crippen molar-refractivity contribution in [1.82, 2.24) is 0 Å². The zero-order chi connectivity index (χ0) is 28.5. The first-order chi connectivity index (χ1) is 17.8. The minimum Gasteiger partial charge on any atom is -0.567 e. The lowest BCUT2D eigenvalue weighted by molar-refractivity contribution is -0.998. The Bertz CT molecular complexity index is 681. The molecule has 2 saturated carbocycles. The Morgan fingerprint density at radius 3 is 0.974 bits per heavy atom. The van der Waals surface area contributed by atoms with E-state index in [0.29, 0.717) is 12.8 Å². The maximum Gasteiger partial charge on any atom is 0.245 e. The smallest absolute Gasteiger partial charge is 0.245 e. The predicted octanol–water partition coefficient (Wildman–Crippen LogP) is 10.7. The molecule has 38 heavy (non-hydrogen) atoms. The Morgan fingerprint density at radius 2 is 0.711 bits per heavy atom. The summed E-state index contributed by atoms with van der Waals surface area (Å²) in [6, 6.07) is -0.978. The van der Waals surface area contributed by atoms with Crippen LogP contribution in [0.3, 0.4) is 0 Å². The van der Waals surface area contributed by atoms with Crippen molar-refractivity contribution >= 4 is 39.3 Å². The fourth-order valence-electron chi connectivity index (χ4n) is 6.95. The third kappa shape index (κ3) is 9.11. The Kier molecular flexibility index (Phi) is 14.0. The molecule has 2 aliphatic rings. The zero-order valence-corrected chi connectivity index (χ0v) is 29.3. The van der Waals surface area contributed by atoms with Gasteiger partial charge in [-0.1, -0.05) is 129 Å². The van der Waals surface area contributed by atoms with Crippen molar-refractivity contribution in [2.24, 2.45) is 0 Å². The summed E-state index contributed by atoms with van der Waals surface area (Å²) in [7, 11) is -4.02. The van der Waals surface area contributed by atoms with Gasteiger partial charge in [-0.25, -0.2) is 0 Å². The molecule has 2 aliphatic carbocycles. The van der Waals surface area contributed by atoms with Crippen LogP contribution in [-0.4, -0.2) is 46.9 Å². The van der Waals surface area contributed by atoms with Crippen molar-refractivity contribution in [1.29, 1.82) is 0 Å². The van der Waals surface area contributed by atoms with Crippen LogP contribution in [0.2, 0.25) is 39.3 Å². The molecule has 2 fully saturated rings. The summed E-state index contributed by atoms with van der Waals surface area (Å²) in [6.45, 7) is 13.7. The highest BCUT2D eigenvalue weighted by Gasteiger charge is 2.58. The Labute approximate surface area is 247 Å². The van der Waals surface area contributed by atoms with E-state index in [-0.39, 0.29) is 0 Å². The predicted molar refractivity (Wildman–Crippen MR) is 171 cm³/mol. The van der Waals surface area contributed by atoms with Crippen molar-refractivity contribution < 1.29 is 9.72 Å². The molecular weight excluding hydrogens is 547 g/mol. The van der Waals surface area contributed by atoms with Gasteiger partial charge >= 0.3 is 0 Å². The average molecular weight is 608 g/mol. The normalized spacial score (nSPS) is 33.6. The van der Waals surface area contributed by atoms with Crippen molar-refractivity contribution in [3.05, 3.63) is 10.4 Å². The molecule has 0 amide bonds. The summed E-state index contributed by atoms with van der Waals surface area (Å²) in [5, 5.41) is 28.8. The lowest BCUT2D eigenvalue weighted by Crippen LogP contribution is -2.63. The highest BCUT2D eigenvalue weighted by atomic mass is 35.5. The lowest BCUT2D eigenvalue weighted by atomic mass is 9.96. The largest absolute Gasteiger partial charge is 0.567 e. The highest BCUT2D eigenvalue weighted by Crippen LogP contribution is 2.43. The summed E-state index contributed by atoms with van der Waals surface area (Å²) in [5.41, 5.74) is 0. The number of halogens is 2. The number of hydrogen-bond acceptors (Lipinski definition) is 2. The minimum atomic E-state index is -2.01. The number of azo groups is 1. The van der Waals surface area contributed by atoms with E-state index < -0.39 is 37.2 Å². The quantitative estimate of drug-likeness (QED) is 0.105. The first-order valence-corrected chi connectivity index (χ1v) is 23.8. The van der Waals surface area contributed by atoms with Gasteiger partial charge in [0.1, 0.15) is 8.99 Å². The van der Waals surface area contributed by atoms with E-state index in [0.717, 1.165) is 73.9 Å². The Morgan fingerprint density at radius 1 is 0.474 bits per heavy atom. The number of hydroxylamine groups is 2. The van der Waals surface area contributed by atoms with E-state index in [2.05, 4.69) is 39.3 Å². The number of nitrogens with zero attached hydrogens (tertiary/aromatic N) is 2. The standard InChI is InChI=1S/C30H60Cl2N2O2Si2/c1-37(2,3)29(31)25-21-17-13-9-7-11-15-19-23-27(29)33(35)34(36)28-24-20-16-12-8-10-14-18-22-26-30(28,32)38(4,5)6/h27-28H,7-26H2,1-6H3/b34-33+/t27-,28?,29-,30-/m0/s1. The van der Waals surface area contributed by atoms with Gasteiger partial charge in [0.25, 0.3) is 0 Å². The molecule has 0 aromatic carbocycles. The molecule has 0 spiro atoms. The summed E-state index contributed by atoms with van der Waals surface area (Å²) in [6.07, 6.45) is 21.6. The molecule has 2 rings (SSSR count). The molecule has 4 nitrogen and oxygen atoms in total. The van der Waals surface area contributed by atoms with Crippen LogP contribution in [0.4, 0.5) is 0 Å². The first-order valence-electron chi connectivity index (χ1n) is 16.1. The Hall–Kier alpha value is 0.214. The fraction of sp³-hybridized carbons (Fsp3) is 1.00. The Balaban J connectivity index is 2.57. The summed E-state index contributed by atoms with van der Waals surface area (Å²) in [5.74, 6) is 0. The molecule has 0 heterocycles. The van der Waals surface area contributed by atoms with Gasteiger partial charge in [0.05, 0.1) is 16.1 Å². The molecule has 0 aromatic heterocycles. The number of rotatable bonds is 4. The third-order valence-corrected chi connectivity index (χ3v) is 20.3. The van der Waals surface area contributed by atoms with Crippen molar-refractivity contribution in [2.75, 3.05) is 0 Å². The molecule has 0 bridgehead atoms. The first kappa shape index (κ1) is 34.4. The summed E-state index contributed by atoms with van der Waals surface area (Å²) >= 11 is 15.3. The zero-order valence-electron chi connectivity index (χ0n) is 25.8. The van der Waals surface area contributed by atoms with Gasteiger partial charge in [-0.05, 0) is 25.7 Å². The molecular formula is C30H60Cl2N2O2Si2. The molecule has 8 heteroatoms. The van der Waals surface area contributed by atoms with Crippen LogP contribution in [0.1, 0.15) is 128 Å². The van der Waals surface area contributed by atoms with Gasteiger partial charge in [-0.15, -0.1) is 23.2 Å². The van der Waals surface area contributed by atoms with E-state index in [1.54, 1.807) is 0 Å². The van der Waals surface area contributed by atoms with Gasteiger partial charge in [-0.3, -0.25) is 0 Å². The molecule has 0 aliphatic heterocycles. The second-order valence-electron chi connectivity index (χ2n) is 14.6. The van der Waals surface area contributed by atoms with Crippen LogP contribution in [0.15, 0.2) is 0 Å². The van der Waals surface area contributed by atoms with Crippen LogP contribution >= 0.6 is 23.2 Å². The van der Waals surface area contributed by atoms with Crippen LogP contribution in [-0.2, 0) is 0 Å². The summed E-state index contributed by atoms with van der Waals surface area (Å²) < 4.78 is -1.26. The topological polar surface area (TPSA) is 52.1 Å². The van der Waals surface area contributed by atoms with Crippen molar-refractivity contribution in [2.45, 2.75) is 189 Å². The maximum atomic E-state index is 14.4. The second-order valence-corrected chi connectivity index (χ2v) is 27.4. The van der Waals surface area contributed by atoms with E-state index in [1.165, 1.54) is 51.4 Å². The fourth-order valence-corrected chi connectivity index (χ4v) is 12.0. The average Bonchev–Trinajstić information content (AvgIpc) is 2.81. The summed E-state index contributed by atoms with van der Waals surface area (Å²) in [4.78, 5) is 1.68. The van der Waals surface area contributed by atoms with Gasteiger partial charge in [-0.2, -0.15) is 0 Å². The van der Waals surface area contributed by atoms with Crippen molar-refractivity contribution in [3.63, 3.8) is 0 Å². The lowest BCUT2D eigenvalue weighted by Gasteiger charge is -2.43. The van der Waals surface area contributed by atoms with E-state index in [9.17, 15) is 10.4 Å². The second kappa shape index (κ2) is 15.4. The number of hydrogen-bond donors (Lipinski definition) is 0. The van der Waals surface area contributed by atoms with Crippen molar-refractivity contribution in [3.8, 4) is 0 Å². The van der Waals surface area contributed by atoms with E-state index in [1.807, 2.05) is 0 Å². The van der Waals surface area contributed by atoms with Crippen LogP contribution in [0, 0.1) is 10.4 Å².